The van der Waals surface area contributed by atoms with Crippen LogP contribution in [-0.2, 0) is 24.3 Å². The zero-order chi connectivity index (χ0) is 17.4. The Labute approximate surface area is 143 Å². The number of amides is 1. The summed E-state index contributed by atoms with van der Waals surface area (Å²) in [5.74, 6) is 1.58. The molecule has 0 aliphatic carbocycles. The summed E-state index contributed by atoms with van der Waals surface area (Å²) in [5.41, 5.74) is -0.256. The lowest BCUT2D eigenvalue weighted by Crippen LogP contribution is -2.43. The Morgan fingerprint density at radius 2 is 2.16 bits per heavy atom. The van der Waals surface area contributed by atoms with Crippen molar-refractivity contribution in [3.8, 4) is 0 Å². The standard InChI is InChI=1S/C17H18N6O2/c1-11-20-21-15-7-6-13(9-22(11)15)19-16(24)10-23-17(25)14-5-3-2-4-12(14)8-18-23/h2-5,8,13H,6-7,9-10H2,1H3,(H,19,24). The van der Waals surface area contributed by atoms with Crippen LogP contribution in [0.4, 0.5) is 0 Å². The van der Waals surface area contributed by atoms with Crippen LogP contribution in [-0.4, -0.2) is 36.5 Å². The van der Waals surface area contributed by atoms with Gasteiger partial charge in [-0.15, -0.1) is 10.2 Å². The molecule has 0 bridgehead atoms. The van der Waals surface area contributed by atoms with Gasteiger partial charge in [0, 0.05) is 24.4 Å². The SMILES string of the molecule is Cc1nnc2n1CC(NC(=O)Cn1ncc3ccccc3c1=O)CC2. The lowest BCUT2D eigenvalue weighted by Gasteiger charge is -2.24. The van der Waals surface area contributed by atoms with Gasteiger partial charge in [-0.3, -0.25) is 9.59 Å². The summed E-state index contributed by atoms with van der Waals surface area (Å²) in [4.78, 5) is 24.8. The zero-order valence-electron chi connectivity index (χ0n) is 13.8. The maximum absolute atomic E-state index is 12.4. The number of aryl methyl sites for hydroxylation is 2. The van der Waals surface area contributed by atoms with Gasteiger partial charge in [0.2, 0.25) is 5.91 Å². The maximum Gasteiger partial charge on any atom is 0.275 e. The number of nitrogens with zero attached hydrogens (tertiary/aromatic N) is 5. The summed E-state index contributed by atoms with van der Waals surface area (Å²) >= 11 is 0. The van der Waals surface area contributed by atoms with Crippen LogP contribution in [0.5, 0.6) is 0 Å². The van der Waals surface area contributed by atoms with Crippen molar-refractivity contribution in [3.63, 3.8) is 0 Å². The molecule has 3 heterocycles. The first-order valence-corrected chi connectivity index (χ1v) is 8.25. The van der Waals surface area contributed by atoms with Gasteiger partial charge < -0.3 is 9.88 Å². The Balaban J connectivity index is 1.47. The summed E-state index contributed by atoms with van der Waals surface area (Å²) in [6.07, 6.45) is 3.20. The molecule has 1 aliphatic heterocycles. The van der Waals surface area contributed by atoms with E-state index in [9.17, 15) is 9.59 Å². The van der Waals surface area contributed by atoms with E-state index in [1.807, 2.05) is 23.6 Å². The van der Waals surface area contributed by atoms with Gasteiger partial charge in [-0.25, -0.2) is 4.68 Å². The third-order valence-electron chi connectivity index (χ3n) is 4.55. The normalized spacial score (nSPS) is 16.6. The summed E-state index contributed by atoms with van der Waals surface area (Å²) in [7, 11) is 0. The Bertz CT molecular complexity index is 1010. The van der Waals surface area contributed by atoms with E-state index in [-0.39, 0.29) is 24.1 Å². The van der Waals surface area contributed by atoms with Gasteiger partial charge in [0.25, 0.3) is 5.56 Å². The summed E-state index contributed by atoms with van der Waals surface area (Å²) in [6, 6.07) is 7.23. The van der Waals surface area contributed by atoms with E-state index in [1.165, 1.54) is 4.68 Å². The quantitative estimate of drug-likeness (QED) is 0.747. The van der Waals surface area contributed by atoms with E-state index >= 15 is 0 Å². The van der Waals surface area contributed by atoms with E-state index in [0.29, 0.717) is 11.9 Å². The highest BCUT2D eigenvalue weighted by Gasteiger charge is 2.23. The molecule has 128 valence electrons. The second-order valence-electron chi connectivity index (χ2n) is 6.27. The molecule has 2 aromatic heterocycles. The molecule has 0 spiro atoms. The lowest BCUT2D eigenvalue weighted by molar-refractivity contribution is -0.122. The van der Waals surface area contributed by atoms with Crippen molar-refractivity contribution in [2.75, 3.05) is 0 Å². The molecule has 8 nitrogen and oxygen atoms in total. The molecule has 1 amide bonds. The number of hydrogen-bond acceptors (Lipinski definition) is 5. The predicted octanol–water partition coefficient (Wildman–Crippen LogP) is 0.428. The Morgan fingerprint density at radius 1 is 1.32 bits per heavy atom. The van der Waals surface area contributed by atoms with Gasteiger partial charge in [-0.05, 0) is 19.4 Å². The second-order valence-corrected chi connectivity index (χ2v) is 6.27. The third-order valence-corrected chi connectivity index (χ3v) is 4.55. The van der Waals surface area contributed by atoms with Crippen LogP contribution >= 0.6 is 0 Å². The molecular formula is C17H18N6O2. The number of hydrogen-bond donors (Lipinski definition) is 1. The first kappa shape index (κ1) is 15.5. The number of benzene rings is 1. The van der Waals surface area contributed by atoms with Gasteiger partial charge >= 0.3 is 0 Å². The van der Waals surface area contributed by atoms with E-state index in [2.05, 4.69) is 20.6 Å². The molecule has 4 rings (SSSR count). The number of rotatable bonds is 3. The van der Waals surface area contributed by atoms with Crippen molar-refractivity contribution >= 4 is 16.7 Å². The highest BCUT2D eigenvalue weighted by atomic mass is 16.2. The van der Waals surface area contributed by atoms with Crippen molar-refractivity contribution in [2.24, 2.45) is 0 Å². The molecule has 0 saturated heterocycles. The molecule has 1 aromatic carbocycles. The third kappa shape index (κ3) is 2.90. The number of fused-ring (bicyclic) bond motifs is 2. The minimum Gasteiger partial charge on any atom is -0.350 e. The molecule has 0 fully saturated rings. The average molecular weight is 338 g/mol. The fourth-order valence-electron chi connectivity index (χ4n) is 3.23. The summed E-state index contributed by atoms with van der Waals surface area (Å²) in [6.45, 7) is 2.47. The van der Waals surface area contributed by atoms with E-state index in [4.69, 9.17) is 0 Å². The number of nitrogens with one attached hydrogen (secondary N) is 1. The minimum absolute atomic E-state index is 0.00542. The molecule has 0 radical (unpaired) electrons. The highest BCUT2D eigenvalue weighted by molar-refractivity contribution is 5.81. The van der Waals surface area contributed by atoms with Gasteiger partial charge in [-0.1, -0.05) is 18.2 Å². The molecule has 25 heavy (non-hydrogen) atoms. The van der Waals surface area contributed by atoms with Crippen molar-refractivity contribution < 1.29 is 4.79 Å². The van der Waals surface area contributed by atoms with Crippen molar-refractivity contribution in [1.82, 2.24) is 29.9 Å². The van der Waals surface area contributed by atoms with Gasteiger partial charge in [-0.2, -0.15) is 5.10 Å². The van der Waals surface area contributed by atoms with Gasteiger partial charge in [0.15, 0.2) is 0 Å². The number of carbonyl (C=O) groups is 1. The molecular weight excluding hydrogens is 320 g/mol. The molecule has 1 aliphatic rings. The average Bonchev–Trinajstić information content (AvgIpc) is 2.98. The fraction of sp³-hybridized carbons (Fsp3) is 0.353. The van der Waals surface area contributed by atoms with E-state index < -0.39 is 0 Å². The largest absolute Gasteiger partial charge is 0.350 e. The molecule has 0 saturated carbocycles. The van der Waals surface area contributed by atoms with Crippen LogP contribution in [0.15, 0.2) is 35.3 Å². The van der Waals surface area contributed by atoms with E-state index in [1.54, 1.807) is 18.3 Å². The van der Waals surface area contributed by atoms with Crippen LogP contribution < -0.4 is 10.9 Å². The van der Waals surface area contributed by atoms with Gasteiger partial charge in [0.1, 0.15) is 18.2 Å². The molecule has 1 N–H and O–H groups in total. The van der Waals surface area contributed by atoms with Crippen LogP contribution in [0.1, 0.15) is 18.1 Å². The van der Waals surface area contributed by atoms with Crippen molar-refractivity contribution in [2.45, 2.75) is 38.9 Å². The highest BCUT2D eigenvalue weighted by Crippen LogP contribution is 2.14. The Morgan fingerprint density at radius 3 is 3.04 bits per heavy atom. The molecule has 1 unspecified atom stereocenters. The van der Waals surface area contributed by atoms with Crippen molar-refractivity contribution in [1.29, 1.82) is 0 Å². The smallest absolute Gasteiger partial charge is 0.275 e. The topological polar surface area (TPSA) is 94.7 Å². The Hall–Kier alpha value is -3.03. The lowest BCUT2D eigenvalue weighted by atomic mass is 10.1. The number of carbonyl (C=O) groups excluding carboxylic acids is 1. The van der Waals surface area contributed by atoms with E-state index in [0.717, 1.165) is 29.9 Å². The van der Waals surface area contributed by atoms with Crippen molar-refractivity contribution in [3.05, 3.63) is 52.5 Å². The summed E-state index contributed by atoms with van der Waals surface area (Å²) in [5, 5.41) is 16.6. The first-order valence-electron chi connectivity index (χ1n) is 8.25. The van der Waals surface area contributed by atoms with Gasteiger partial charge in [0.05, 0.1) is 11.6 Å². The predicted molar refractivity (Wildman–Crippen MR) is 91.0 cm³/mol. The van der Waals surface area contributed by atoms with Crippen LogP contribution in [0.2, 0.25) is 0 Å². The zero-order valence-corrected chi connectivity index (χ0v) is 13.8. The maximum atomic E-state index is 12.4. The molecule has 3 aromatic rings. The van der Waals surface area contributed by atoms with Crippen LogP contribution in [0, 0.1) is 6.92 Å². The fourth-order valence-corrected chi connectivity index (χ4v) is 3.23. The Kier molecular flexibility index (Phi) is 3.79. The first-order chi connectivity index (χ1) is 12.1. The minimum atomic E-state index is -0.256. The second kappa shape index (κ2) is 6.12. The number of aromatic nitrogens is 5. The van der Waals surface area contributed by atoms with Crippen LogP contribution in [0.25, 0.3) is 10.8 Å². The summed E-state index contributed by atoms with van der Waals surface area (Å²) < 4.78 is 3.23. The van der Waals surface area contributed by atoms with Crippen LogP contribution in [0.3, 0.4) is 0 Å². The molecule has 1 atom stereocenters. The molecule has 8 heteroatoms. The monoisotopic (exact) mass is 338 g/mol.